The van der Waals surface area contributed by atoms with Crippen molar-refractivity contribution in [1.29, 1.82) is 0 Å². The van der Waals surface area contributed by atoms with E-state index in [-0.39, 0.29) is 0 Å². The SMILES string of the molecule is CNC(=O)NS(=O)(=O)C(F)(F)F. The van der Waals surface area contributed by atoms with Gasteiger partial charge in [0, 0.05) is 7.05 Å². The van der Waals surface area contributed by atoms with Crippen LogP contribution >= 0.6 is 0 Å². The first-order valence-corrected chi connectivity index (χ1v) is 4.00. The summed E-state index contributed by atoms with van der Waals surface area (Å²) in [6, 6.07) is -1.44. The molecular weight excluding hydrogens is 201 g/mol. The molecular formula is C3H5F3N2O3S. The van der Waals surface area contributed by atoms with E-state index in [1.807, 2.05) is 0 Å². The molecule has 2 amide bonds. The molecule has 0 bridgehead atoms. The van der Waals surface area contributed by atoms with Crippen LogP contribution in [0.15, 0.2) is 0 Å². The molecule has 9 heteroatoms. The Morgan fingerprint density at radius 3 is 2.00 bits per heavy atom. The van der Waals surface area contributed by atoms with E-state index in [2.05, 4.69) is 0 Å². The fraction of sp³-hybridized carbons (Fsp3) is 0.667. The molecule has 0 spiro atoms. The lowest BCUT2D eigenvalue weighted by Crippen LogP contribution is -2.44. The highest BCUT2D eigenvalue weighted by Crippen LogP contribution is 2.21. The van der Waals surface area contributed by atoms with Gasteiger partial charge in [-0.2, -0.15) is 21.6 Å². The third-order valence-corrected chi connectivity index (χ3v) is 1.82. The summed E-state index contributed by atoms with van der Waals surface area (Å²) >= 11 is 0. The van der Waals surface area contributed by atoms with Crippen molar-refractivity contribution in [2.45, 2.75) is 5.51 Å². The fourth-order valence-electron chi connectivity index (χ4n) is 0.231. The van der Waals surface area contributed by atoms with Gasteiger partial charge in [-0.15, -0.1) is 0 Å². The number of carbonyl (C=O) groups is 1. The Hall–Kier alpha value is -0.990. The summed E-state index contributed by atoms with van der Waals surface area (Å²) in [5.74, 6) is 0. The van der Waals surface area contributed by atoms with Crippen LogP contribution in [-0.4, -0.2) is 27.0 Å². The second-order valence-electron chi connectivity index (χ2n) is 1.63. The number of halogens is 3. The van der Waals surface area contributed by atoms with Gasteiger partial charge in [-0.05, 0) is 0 Å². The number of rotatable bonds is 1. The molecule has 0 radical (unpaired) electrons. The van der Waals surface area contributed by atoms with E-state index in [9.17, 15) is 26.4 Å². The molecule has 0 saturated carbocycles. The first kappa shape index (κ1) is 11.0. The molecule has 72 valence electrons. The van der Waals surface area contributed by atoms with E-state index in [4.69, 9.17) is 0 Å². The molecule has 0 fully saturated rings. The molecule has 0 atom stereocenters. The minimum Gasteiger partial charge on any atom is -0.340 e. The number of sulfonamides is 1. The molecule has 0 saturated heterocycles. The highest BCUT2D eigenvalue weighted by atomic mass is 32.2. The number of hydrogen-bond acceptors (Lipinski definition) is 3. The molecule has 0 aromatic carbocycles. The lowest BCUT2D eigenvalue weighted by molar-refractivity contribution is -0.0444. The van der Waals surface area contributed by atoms with Crippen LogP contribution in [0.5, 0.6) is 0 Å². The zero-order chi connectivity index (χ0) is 9.99. The van der Waals surface area contributed by atoms with Crippen LogP contribution in [-0.2, 0) is 10.0 Å². The second kappa shape index (κ2) is 3.17. The monoisotopic (exact) mass is 206 g/mol. The number of carbonyl (C=O) groups excluding carboxylic acids is 1. The molecule has 0 rings (SSSR count). The summed E-state index contributed by atoms with van der Waals surface area (Å²) < 4.78 is 55.5. The molecule has 5 nitrogen and oxygen atoms in total. The first-order chi connectivity index (χ1) is 5.20. The minimum atomic E-state index is -5.57. The zero-order valence-electron chi connectivity index (χ0n) is 5.77. The lowest BCUT2D eigenvalue weighted by atomic mass is 11.0. The van der Waals surface area contributed by atoms with E-state index in [1.54, 1.807) is 5.32 Å². The third-order valence-electron chi connectivity index (χ3n) is 0.759. The normalized spacial score (nSPS) is 12.3. The summed E-state index contributed by atoms with van der Waals surface area (Å²) in [6.07, 6.45) is 0. The third kappa shape index (κ3) is 2.57. The molecule has 0 aliphatic heterocycles. The van der Waals surface area contributed by atoms with Gasteiger partial charge in [-0.25, -0.2) is 9.52 Å². The Morgan fingerprint density at radius 2 is 1.75 bits per heavy atom. The Labute approximate surface area is 66.0 Å². The standard InChI is InChI=1S/C3H5F3N2O3S/c1-7-2(9)8-12(10,11)3(4,5)6/h1H3,(H2,7,8,9). The highest BCUT2D eigenvalue weighted by Gasteiger charge is 2.46. The summed E-state index contributed by atoms with van der Waals surface area (Å²) in [5.41, 5.74) is -5.47. The Bertz CT molecular complexity index is 269. The van der Waals surface area contributed by atoms with Crippen LogP contribution in [0.2, 0.25) is 0 Å². The Kier molecular flexibility index (Phi) is 2.91. The van der Waals surface area contributed by atoms with E-state index >= 15 is 0 Å². The summed E-state index contributed by atoms with van der Waals surface area (Å²) in [5, 5.41) is 1.66. The van der Waals surface area contributed by atoms with Crippen molar-refractivity contribution in [2.75, 3.05) is 7.05 Å². The van der Waals surface area contributed by atoms with Crippen molar-refractivity contribution in [3.05, 3.63) is 0 Å². The van der Waals surface area contributed by atoms with Gasteiger partial charge in [0.25, 0.3) is 0 Å². The smallest absolute Gasteiger partial charge is 0.340 e. The molecule has 0 aromatic rings. The molecule has 2 N–H and O–H groups in total. The maximum atomic E-state index is 11.5. The topological polar surface area (TPSA) is 75.3 Å². The van der Waals surface area contributed by atoms with Crippen molar-refractivity contribution in [1.82, 2.24) is 10.0 Å². The van der Waals surface area contributed by atoms with Crippen LogP contribution in [0.3, 0.4) is 0 Å². The fourth-order valence-corrected chi connectivity index (χ4v) is 0.693. The number of nitrogens with one attached hydrogen (secondary N) is 2. The molecule has 0 aliphatic carbocycles. The van der Waals surface area contributed by atoms with E-state index < -0.39 is 21.6 Å². The average Bonchev–Trinajstić information content (AvgIpc) is 1.84. The van der Waals surface area contributed by atoms with Gasteiger partial charge in [0.2, 0.25) is 0 Å². The maximum absolute atomic E-state index is 11.5. The van der Waals surface area contributed by atoms with Crippen LogP contribution in [0.25, 0.3) is 0 Å². The number of amides is 2. The van der Waals surface area contributed by atoms with Crippen LogP contribution in [0.4, 0.5) is 18.0 Å². The average molecular weight is 206 g/mol. The van der Waals surface area contributed by atoms with E-state index in [0.717, 1.165) is 11.8 Å². The Balaban J connectivity index is 4.58. The molecule has 0 aliphatic rings. The second-order valence-corrected chi connectivity index (χ2v) is 3.30. The van der Waals surface area contributed by atoms with Gasteiger partial charge in [0.05, 0.1) is 0 Å². The number of urea groups is 1. The van der Waals surface area contributed by atoms with Gasteiger partial charge >= 0.3 is 21.6 Å². The van der Waals surface area contributed by atoms with Crippen molar-refractivity contribution >= 4 is 16.1 Å². The maximum Gasteiger partial charge on any atom is 0.516 e. The van der Waals surface area contributed by atoms with Gasteiger partial charge in [-0.1, -0.05) is 0 Å². The predicted octanol–water partition coefficient (Wildman–Crippen LogP) is -0.235. The van der Waals surface area contributed by atoms with Crippen LogP contribution < -0.4 is 10.0 Å². The number of hydrogen-bond donors (Lipinski definition) is 2. The van der Waals surface area contributed by atoms with Crippen molar-refractivity contribution in [3.8, 4) is 0 Å². The van der Waals surface area contributed by atoms with Crippen molar-refractivity contribution in [2.24, 2.45) is 0 Å². The largest absolute Gasteiger partial charge is 0.516 e. The van der Waals surface area contributed by atoms with Gasteiger partial charge in [0.1, 0.15) is 0 Å². The van der Waals surface area contributed by atoms with Gasteiger partial charge in [-0.3, -0.25) is 0 Å². The molecule has 0 unspecified atom stereocenters. The lowest BCUT2D eigenvalue weighted by Gasteiger charge is -2.07. The quantitative estimate of drug-likeness (QED) is 0.622. The van der Waals surface area contributed by atoms with Crippen LogP contribution in [0, 0.1) is 0 Å². The summed E-state index contributed by atoms with van der Waals surface area (Å²) in [7, 11) is -4.58. The molecule has 0 aromatic heterocycles. The number of alkyl halides is 3. The minimum absolute atomic E-state index is 0.743. The van der Waals surface area contributed by atoms with Crippen molar-refractivity contribution < 1.29 is 26.4 Å². The van der Waals surface area contributed by atoms with Gasteiger partial charge < -0.3 is 5.32 Å². The molecule has 12 heavy (non-hydrogen) atoms. The first-order valence-electron chi connectivity index (χ1n) is 2.51. The van der Waals surface area contributed by atoms with E-state index in [0.29, 0.717) is 0 Å². The van der Waals surface area contributed by atoms with Crippen molar-refractivity contribution in [3.63, 3.8) is 0 Å². The highest BCUT2D eigenvalue weighted by molar-refractivity contribution is 7.90. The predicted molar refractivity (Wildman–Crippen MR) is 32.6 cm³/mol. The molecule has 0 heterocycles. The summed E-state index contributed by atoms with van der Waals surface area (Å²) in [6.45, 7) is 0. The van der Waals surface area contributed by atoms with E-state index in [1.165, 1.54) is 0 Å². The van der Waals surface area contributed by atoms with Gasteiger partial charge in [0.15, 0.2) is 0 Å². The summed E-state index contributed by atoms with van der Waals surface area (Å²) in [4.78, 5) is 10.2. The van der Waals surface area contributed by atoms with Crippen LogP contribution in [0.1, 0.15) is 0 Å². The Morgan fingerprint density at radius 1 is 1.33 bits per heavy atom. The zero-order valence-corrected chi connectivity index (χ0v) is 6.58.